The second-order valence-corrected chi connectivity index (χ2v) is 15.7. The highest BCUT2D eigenvalue weighted by atomic mass is 15.3. The summed E-state index contributed by atoms with van der Waals surface area (Å²) in [4.78, 5) is 0. The van der Waals surface area contributed by atoms with E-state index in [1.54, 1.807) is 5.56 Å². The van der Waals surface area contributed by atoms with Gasteiger partial charge in [-0.15, -0.1) is 0 Å². The van der Waals surface area contributed by atoms with Crippen LogP contribution in [0.25, 0.3) is 0 Å². The van der Waals surface area contributed by atoms with Gasteiger partial charge < -0.3 is 4.48 Å². The highest BCUT2D eigenvalue weighted by Gasteiger charge is 2.26. The number of nitrogens with zero attached hydrogens (tertiary/aromatic N) is 1. The van der Waals surface area contributed by atoms with Gasteiger partial charge in [0.1, 0.15) is 6.54 Å². The number of hydrogen-bond acceptors (Lipinski definition) is 0. The van der Waals surface area contributed by atoms with Crippen LogP contribution in [0.15, 0.2) is 66.8 Å². The summed E-state index contributed by atoms with van der Waals surface area (Å²) in [6, 6.07) is 11.5. The Morgan fingerprint density at radius 2 is 0.620 bits per heavy atom. The van der Waals surface area contributed by atoms with Crippen LogP contribution < -0.4 is 0 Å². The maximum atomic E-state index is 2.41. The Hall–Kier alpha value is -1.60. The minimum absolute atomic E-state index is 1.24. The Bertz CT molecular complexity index is 796. The van der Waals surface area contributed by atoms with E-state index in [9.17, 15) is 0 Å². The molecule has 0 fully saturated rings. The average Bonchev–Trinajstić information content (AvgIpc) is 3.13. The number of benzene rings is 1. The van der Waals surface area contributed by atoms with E-state index in [1.807, 2.05) is 0 Å². The van der Waals surface area contributed by atoms with Crippen molar-refractivity contribution in [3.8, 4) is 0 Å². The molecule has 0 radical (unpaired) electrons. The number of unbranched alkanes of at least 4 members (excludes halogenated alkanes) is 24. The third-order valence-electron chi connectivity index (χ3n) is 10.7. The normalized spacial score (nSPS) is 12.4. The van der Waals surface area contributed by atoms with E-state index < -0.39 is 0 Å². The molecule has 0 bridgehead atoms. The molecule has 0 N–H and O–H groups in total. The number of allylic oxidation sites excluding steroid dienone is 6. The Morgan fingerprint density at radius 1 is 0.340 bits per heavy atom. The SMILES string of the molecule is CCC/C=C/CCCCCCCCC[N+](CCCCCCCCC/C=C/CCC)(CCCCCCCCC/C=C/CCC)Cc1ccccc1. The molecule has 0 amide bonds. The maximum Gasteiger partial charge on any atom is 0.104 e. The molecule has 0 aliphatic carbocycles. The van der Waals surface area contributed by atoms with Gasteiger partial charge in [-0.25, -0.2) is 0 Å². The van der Waals surface area contributed by atoms with Gasteiger partial charge >= 0.3 is 0 Å². The van der Waals surface area contributed by atoms with Crippen molar-refractivity contribution in [2.24, 2.45) is 0 Å². The number of hydrogen-bond donors (Lipinski definition) is 0. The zero-order valence-electron chi connectivity index (χ0n) is 34.3. The first-order valence-corrected chi connectivity index (χ1v) is 22.6. The fraction of sp³-hybridized carbons (Fsp3) is 0.755. The van der Waals surface area contributed by atoms with Crippen LogP contribution in [0.4, 0.5) is 0 Å². The zero-order chi connectivity index (χ0) is 35.9. The van der Waals surface area contributed by atoms with Crippen LogP contribution in [0.3, 0.4) is 0 Å². The highest BCUT2D eigenvalue weighted by molar-refractivity contribution is 5.13. The summed E-state index contributed by atoms with van der Waals surface area (Å²) in [6.45, 7) is 12.2. The molecule has 288 valence electrons. The quantitative estimate of drug-likeness (QED) is 0.0368. The van der Waals surface area contributed by atoms with Gasteiger partial charge in [-0.2, -0.15) is 0 Å². The molecule has 0 saturated carbocycles. The van der Waals surface area contributed by atoms with Gasteiger partial charge in [0, 0.05) is 5.56 Å². The van der Waals surface area contributed by atoms with E-state index >= 15 is 0 Å². The van der Waals surface area contributed by atoms with Crippen LogP contribution in [0.5, 0.6) is 0 Å². The predicted octanol–water partition coefficient (Wildman–Crippen LogP) is 16.4. The fourth-order valence-corrected chi connectivity index (χ4v) is 7.53. The lowest BCUT2D eigenvalue weighted by Crippen LogP contribution is -2.49. The van der Waals surface area contributed by atoms with Crippen molar-refractivity contribution in [1.82, 2.24) is 0 Å². The van der Waals surface area contributed by atoms with Gasteiger partial charge in [-0.3, -0.25) is 0 Å². The first-order chi connectivity index (χ1) is 24.8. The van der Waals surface area contributed by atoms with Crippen molar-refractivity contribution < 1.29 is 4.48 Å². The zero-order valence-corrected chi connectivity index (χ0v) is 34.3. The lowest BCUT2D eigenvalue weighted by Gasteiger charge is -2.39. The average molecular weight is 691 g/mol. The van der Waals surface area contributed by atoms with E-state index in [1.165, 1.54) is 223 Å². The fourth-order valence-electron chi connectivity index (χ4n) is 7.53. The molecule has 0 aliphatic heterocycles. The molecular weight excluding hydrogens is 603 g/mol. The van der Waals surface area contributed by atoms with Crippen molar-refractivity contribution in [2.75, 3.05) is 19.6 Å². The topological polar surface area (TPSA) is 0 Å². The number of quaternary nitrogens is 1. The lowest BCUT2D eigenvalue weighted by molar-refractivity contribution is -0.941. The largest absolute Gasteiger partial charge is 0.320 e. The van der Waals surface area contributed by atoms with Crippen LogP contribution in [-0.4, -0.2) is 24.1 Å². The van der Waals surface area contributed by atoms with E-state index in [2.05, 4.69) is 87.6 Å². The molecule has 0 saturated heterocycles. The van der Waals surface area contributed by atoms with Gasteiger partial charge in [0.25, 0.3) is 0 Å². The first-order valence-electron chi connectivity index (χ1n) is 22.6. The van der Waals surface area contributed by atoms with Gasteiger partial charge in [0.15, 0.2) is 0 Å². The minimum Gasteiger partial charge on any atom is -0.320 e. The monoisotopic (exact) mass is 691 g/mol. The van der Waals surface area contributed by atoms with Gasteiger partial charge in [0.05, 0.1) is 19.6 Å². The Morgan fingerprint density at radius 3 is 0.940 bits per heavy atom. The molecule has 0 aliphatic rings. The molecular formula is C49H88N+. The van der Waals surface area contributed by atoms with Crippen molar-refractivity contribution in [3.05, 3.63) is 72.4 Å². The Labute approximate surface area is 315 Å². The smallest absolute Gasteiger partial charge is 0.104 e. The lowest BCUT2D eigenvalue weighted by atomic mass is 10.0. The molecule has 0 unspecified atom stereocenters. The van der Waals surface area contributed by atoms with Crippen LogP contribution in [0.1, 0.15) is 219 Å². The van der Waals surface area contributed by atoms with Crippen LogP contribution >= 0.6 is 0 Å². The molecule has 1 rings (SSSR count). The summed E-state index contributed by atoms with van der Waals surface area (Å²) in [5, 5.41) is 0. The minimum atomic E-state index is 1.24. The van der Waals surface area contributed by atoms with E-state index in [0.717, 1.165) is 0 Å². The van der Waals surface area contributed by atoms with Gasteiger partial charge in [0.2, 0.25) is 0 Å². The summed E-state index contributed by atoms with van der Waals surface area (Å²) in [5.74, 6) is 0. The summed E-state index contributed by atoms with van der Waals surface area (Å²) >= 11 is 0. The third kappa shape index (κ3) is 30.1. The molecule has 0 spiro atoms. The van der Waals surface area contributed by atoms with E-state index in [0.29, 0.717) is 0 Å². The molecule has 0 aromatic heterocycles. The Balaban J connectivity index is 2.57. The van der Waals surface area contributed by atoms with Crippen molar-refractivity contribution in [2.45, 2.75) is 220 Å². The van der Waals surface area contributed by atoms with Gasteiger partial charge in [-0.1, -0.05) is 184 Å². The summed E-state index contributed by atoms with van der Waals surface area (Å²) < 4.78 is 1.34. The van der Waals surface area contributed by atoms with Crippen molar-refractivity contribution >= 4 is 0 Å². The van der Waals surface area contributed by atoms with Crippen molar-refractivity contribution in [1.29, 1.82) is 0 Å². The van der Waals surface area contributed by atoms with Crippen molar-refractivity contribution in [3.63, 3.8) is 0 Å². The van der Waals surface area contributed by atoms with Crippen LogP contribution in [-0.2, 0) is 6.54 Å². The summed E-state index contributed by atoms with van der Waals surface area (Å²) in [5.41, 5.74) is 1.56. The van der Waals surface area contributed by atoms with Gasteiger partial charge in [-0.05, 0) is 96.3 Å². The molecule has 1 nitrogen and oxygen atoms in total. The highest BCUT2D eigenvalue weighted by Crippen LogP contribution is 2.23. The second kappa shape index (κ2) is 37.2. The van der Waals surface area contributed by atoms with E-state index in [4.69, 9.17) is 0 Å². The molecule has 0 heterocycles. The molecule has 0 atom stereocenters. The predicted molar refractivity (Wildman–Crippen MR) is 228 cm³/mol. The molecule has 50 heavy (non-hydrogen) atoms. The molecule has 1 heteroatoms. The molecule has 1 aromatic carbocycles. The summed E-state index contributed by atoms with van der Waals surface area (Å²) in [6.07, 6.45) is 55.5. The Kier molecular flexibility index (Phi) is 34.5. The third-order valence-corrected chi connectivity index (χ3v) is 10.7. The second-order valence-electron chi connectivity index (χ2n) is 15.7. The standard InChI is InChI=1S/C49H88N/c1-4-7-10-13-16-19-22-25-28-31-34-40-45-50(48-49-43-38-37-39-44-49,46-41-35-32-29-26-23-20-17-14-11-8-5-2)47-42-36-33-30-27-24-21-18-15-12-9-6-3/h10-15,37-39,43-44H,4-9,16-36,40-42,45-48H2,1-3H3/q+1/b13-10+,14-11+,15-12+. The first kappa shape index (κ1) is 46.4. The van der Waals surface area contributed by atoms with Crippen LogP contribution in [0, 0.1) is 0 Å². The number of rotatable bonds is 38. The molecule has 1 aromatic rings. The summed E-state index contributed by atoms with van der Waals surface area (Å²) in [7, 11) is 0. The van der Waals surface area contributed by atoms with Crippen LogP contribution in [0.2, 0.25) is 0 Å². The maximum absolute atomic E-state index is 2.41. The van der Waals surface area contributed by atoms with E-state index in [-0.39, 0.29) is 0 Å².